The molecule has 0 aliphatic carbocycles. The van der Waals surface area contributed by atoms with Gasteiger partial charge in [0.05, 0.1) is 5.52 Å². The molecule has 0 spiro atoms. The molecule has 28 heavy (non-hydrogen) atoms. The number of H-pyrrole nitrogens is 1. The summed E-state index contributed by atoms with van der Waals surface area (Å²) >= 11 is 0. The van der Waals surface area contributed by atoms with Gasteiger partial charge >= 0.3 is 0 Å². The van der Waals surface area contributed by atoms with E-state index in [0.29, 0.717) is 11.8 Å². The second-order valence-electron chi connectivity index (χ2n) is 6.34. The molecule has 8 nitrogen and oxygen atoms in total. The van der Waals surface area contributed by atoms with Crippen molar-refractivity contribution in [2.24, 2.45) is 5.73 Å². The number of nitrogens with zero attached hydrogens (tertiary/aromatic N) is 1. The van der Waals surface area contributed by atoms with E-state index in [-0.39, 0.29) is 18.7 Å². The smallest absolute Gasteiger partial charge is 0.273 e. The number of amides is 3. The van der Waals surface area contributed by atoms with Crippen LogP contribution in [0.4, 0.5) is 0 Å². The van der Waals surface area contributed by atoms with E-state index < -0.39 is 23.8 Å². The number of carbonyl (C=O) groups excluding carboxylic acids is 3. The Hall–Kier alpha value is -3.68. The standard InChI is InChI=1S/C20H21N5O3/c21-17(26)10-11-22-19(27)16(12-13-6-2-1-3-7-13)23-20(28)18-14-8-4-5-9-15(14)24-25-18/h1-9,16H,10-12H2,(H2,21,26)(H,22,27)(H,23,28)(H,24,25). The first-order chi connectivity index (χ1) is 13.5. The molecule has 3 rings (SSSR count). The maximum Gasteiger partial charge on any atom is 0.273 e. The van der Waals surface area contributed by atoms with Crippen molar-refractivity contribution in [2.45, 2.75) is 18.9 Å². The molecule has 144 valence electrons. The van der Waals surface area contributed by atoms with Gasteiger partial charge in [-0.15, -0.1) is 0 Å². The number of rotatable bonds is 8. The number of primary amides is 1. The molecular formula is C20H21N5O3. The molecule has 1 aromatic heterocycles. The molecule has 3 aromatic rings. The fraction of sp³-hybridized carbons (Fsp3) is 0.200. The summed E-state index contributed by atoms with van der Waals surface area (Å²) in [7, 11) is 0. The van der Waals surface area contributed by atoms with Crippen LogP contribution in [0.2, 0.25) is 0 Å². The predicted molar refractivity (Wildman–Crippen MR) is 104 cm³/mol. The van der Waals surface area contributed by atoms with E-state index in [1.807, 2.05) is 48.5 Å². The van der Waals surface area contributed by atoms with Crippen molar-refractivity contribution in [2.75, 3.05) is 6.54 Å². The number of aromatic amines is 1. The summed E-state index contributed by atoms with van der Waals surface area (Å²) in [6.45, 7) is 0.112. The Bertz CT molecular complexity index is 984. The Morgan fingerprint density at radius 3 is 2.50 bits per heavy atom. The maximum absolute atomic E-state index is 12.8. The Morgan fingerprint density at radius 2 is 1.75 bits per heavy atom. The molecule has 0 bridgehead atoms. The lowest BCUT2D eigenvalue weighted by atomic mass is 10.0. The summed E-state index contributed by atoms with van der Waals surface area (Å²) in [5.41, 5.74) is 6.95. The Kier molecular flexibility index (Phi) is 6.01. The molecule has 1 atom stereocenters. The third-order valence-electron chi connectivity index (χ3n) is 4.26. The lowest BCUT2D eigenvalue weighted by Gasteiger charge is -2.18. The van der Waals surface area contributed by atoms with Gasteiger partial charge < -0.3 is 16.4 Å². The minimum Gasteiger partial charge on any atom is -0.370 e. The highest BCUT2D eigenvalue weighted by Gasteiger charge is 2.24. The quantitative estimate of drug-likeness (QED) is 0.463. The lowest BCUT2D eigenvalue weighted by Crippen LogP contribution is -2.48. The van der Waals surface area contributed by atoms with Crippen molar-refractivity contribution in [3.05, 3.63) is 65.9 Å². The van der Waals surface area contributed by atoms with Crippen molar-refractivity contribution < 1.29 is 14.4 Å². The third kappa shape index (κ3) is 4.73. The van der Waals surface area contributed by atoms with Crippen molar-refractivity contribution in [1.29, 1.82) is 0 Å². The van der Waals surface area contributed by atoms with Crippen LogP contribution >= 0.6 is 0 Å². The average molecular weight is 379 g/mol. The van der Waals surface area contributed by atoms with Gasteiger partial charge in [0, 0.05) is 24.8 Å². The number of fused-ring (bicyclic) bond motifs is 1. The number of hydrogen-bond donors (Lipinski definition) is 4. The molecule has 2 aromatic carbocycles. The normalized spacial score (nSPS) is 11.7. The molecule has 0 aliphatic rings. The number of aromatic nitrogens is 2. The summed E-state index contributed by atoms with van der Waals surface area (Å²) < 4.78 is 0. The molecule has 0 aliphatic heterocycles. The van der Waals surface area contributed by atoms with E-state index >= 15 is 0 Å². The van der Waals surface area contributed by atoms with E-state index in [4.69, 9.17) is 5.73 Å². The Morgan fingerprint density at radius 1 is 1.04 bits per heavy atom. The molecule has 1 unspecified atom stereocenters. The van der Waals surface area contributed by atoms with Crippen LogP contribution in [0, 0.1) is 0 Å². The second-order valence-corrected chi connectivity index (χ2v) is 6.34. The Labute approximate surface area is 161 Å². The molecule has 0 radical (unpaired) electrons. The molecule has 3 amide bonds. The van der Waals surface area contributed by atoms with Crippen LogP contribution in [0.25, 0.3) is 10.9 Å². The summed E-state index contributed by atoms with van der Waals surface area (Å²) in [5.74, 6) is -1.35. The molecule has 0 saturated carbocycles. The first-order valence-electron chi connectivity index (χ1n) is 8.88. The zero-order valence-corrected chi connectivity index (χ0v) is 15.1. The SMILES string of the molecule is NC(=O)CCNC(=O)C(Cc1ccccc1)NC(=O)c1n[nH]c2ccccc12. The molecular weight excluding hydrogens is 358 g/mol. The van der Waals surface area contributed by atoms with Crippen LogP contribution in [0.1, 0.15) is 22.5 Å². The van der Waals surface area contributed by atoms with E-state index in [2.05, 4.69) is 20.8 Å². The summed E-state index contributed by atoms with van der Waals surface area (Å²) in [5, 5.41) is 12.9. The van der Waals surface area contributed by atoms with Gasteiger partial charge in [0.25, 0.3) is 5.91 Å². The number of nitrogens with two attached hydrogens (primary N) is 1. The van der Waals surface area contributed by atoms with E-state index in [0.717, 1.165) is 11.1 Å². The van der Waals surface area contributed by atoms with Gasteiger partial charge in [0.15, 0.2) is 5.69 Å². The van der Waals surface area contributed by atoms with E-state index in [9.17, 15) is 14.4 Å². The fourth-order valence-corrected chi connectivity index (χ4v) is 2.85. The number of para-hydroxylation sites is 1. The molecule has 0 saturated heterocycles. The van der Waals surface area contributed by atoms with Gasteiger partial charge in [-0.2, -0.15) is 5.10 Å². The zero-order chi connectivity index (χ0) is 19.9. The number of carbonyl (C=O) groups is 3. The van der Waals surface area contributed by atoms with Crippen LogP contribution in [-0.2, 0) is 16.0 Å². The Balaban J connectivity index is 1.76. The number of nitrogens with one attached hydrogen (secondary N) is 3. The highest BCUT2D eigenvalue weighted by molar-refractivity contribution is 6.06. The van der Waals surface area contributed by atoms with Crippen molar-refractivity contribution in [1.82, 2.24) is 20.8 Å². The van der Waals surface area contributed by atoms with Crippen molar-refractivity contribution >= 4 is 28.6 Å². The monoisotopic (exact) mass is 379 g/mol. The van der Waals surface area contributed by atoms with Crippen molar-refractivity contribution in [3.63, 3.8) is 0 Å². The largest absolute Gasteiger partial charge is 0.370 e. The zero-order valence-electron chi connectivity index (χ0n) is 15.1. The molecule has 1 heterocycles. The highest BCUT2D eigenvalue weighted by atomic mass is 16.2. The average Bonchev–Trinajstić information content (AvgIpc) is 3.12. The minimum absolute atomic E-state index is 0.0295. The van der Waals surface area contributed by atoms with Gasteiger partial charge in [-0.3, -0.25) is 19.5 Å². The van der Waals surface area contributed by atoms with Crippen LogP contribution in [0.5, 0.6) is 0 Å². The van der Waals surface area contributed by atoms with Crippen LogP contribution in [0.3, 0.4) is 0 Å². The van der Waals surface area contributed by atoms with Crippen LogP contribution in [0.15, 0.2) is 54.6 Å². The van der Waals surface area contributed by atoms with Gasteiger partial charge in [-0.25, -0.2) is 0 Å². The first kappa shape index (κ1) is 19.1. The third-order valence-corrected chi connectivity index (χ3v) is 4.26. The molecule has 5 N–H and O–H groups in total. The van der Waals surface area contributed by atoms with E-state index in [1.54, 1.807) is 6.07 Å². The number of hydrogen-bond acceptors (Lipinski definition) is 4. The van der Waals surface area contributed by atoms with Crippen LogP contribution in [-0.4, -0.2) is 40.5 Å². The van der Waals surface area contributed by atoms with Crippen molar-refractivity contribution in [3.8, 4) is 0 Å². The van der Waals surface area contributed by atoms with E-state index in [1.165, 1.54) is 0 Å². The van der Waals surface area contributed by atoms with Gasteiger partial charge in [0.1, 0.15) is 6.04 Å². The lowest BCUT2D eigenvalue weighted by molar-refractivity contribution is -0.123. The number of benzene rings is 2. The summed E-state index contributed by atoms with van der Waals surface area (Å²) in [4.78, 5) is 36.2. The first-order valence-corrected chi connectivity index (χ1v) is 8.88. The minimum atomic E-state index is -0.821. The van der Waals surface area contributed by atoms with Gasteiger partial charge in [-0.1, -0.05) is 48.5 Å². The maximum atomic E-state index is 12.8. The van der Waals surface area contributed by atoms with Crippen LogP contribution < -0.4 is 16.4 Å². The van der Waals surface area contributed by atoms with Gasteiger partial charge in [0.2, 0.25) is 11.8 Å². The summed E-state index contributed by atoms with van der Waals surface area (Å²) in [6, 6.07) is 15.8. The van der Waals surface area contributed by atoms with Gasteiger partial charge in [-0.05, 0) is 11.6 Å². The predicted octanol–water partition coefficient (Wildman–Crippen LogP) is 0.896. The highest BCUT2D eigenvalue weighted by Crippen LogP contribution is 2.15. The summed E-state index contributed by atoms with van der Waals surface area (Å²) in [6.07, 6.45) is 0.332. The second kappa shape index (κ2) is 8.81. The fourth-order valence-electron chi connectivity index (χ4n) is 2.85. The molecule has 8 heteroatoms. The topological polar surface area (TPSA) is 130 Å². The molecule has 0 fully saturated rings.